The summed E-state index contributed by atoms with van der Waals surface area (Å²) in [6, 6.07) is 2.71. The van der Waals surface area contributed by atoms with Crippen LogP contribution >= 0.6 is 0 Å². The first kappa shape index (κ1) is 34.5. The molecule has 1 rings (SSSR count). The van der Waals surface area contributed by atoms with Gasteiger partial charge in [0.25, 0.3) is 0 Å². The summed E-state index contributed by atoms with van der Waals surface area (Å²) in [7, 11) is 0. The van der Waals surface area contributed by atoms with Gasteiger partial charge < -0.3 is 39.3 Å². The van der Waals surface area contributed by atoms with E-state index in [2.05, 4.69) is 0 Å². The van der Waals surface area contributed by atoms with Gasteiger partial charge in [-0.05, 0) is 47.8 Å². The number of hydrogen-bond donors (Lipinski definition) is 2. The Morgan fingerprint density at radius 2 is 1.25 bits per heavy atom. The van der Waals surface area contributed by atoms with Crippen LogP contribution in [-0.4, -0.2) is 62.0 Å². The lowest BCUT2D eigenvalue weighted by Gasteiger charge is -2.28. The zero-order valence-corrected chi connectivity index (χ0v) is 24.3. The van der Waals surface area contributed by atoms with Crippen molar-refractivity contribution < 1.29 is 52.7 Å². The van der Waals surface area contributed by atoms with Gasteiger partial charge in [-0.3, -0.25) is 4.79 Å². The lowest BCUT2D eigenvalue weighted by Crippen LogP contribution is -2.40. The highest BCUT2D eigenvalue weighted by Crippen LogP contribution is 2.36. The first-order chi connectivity index (χ1) is 18.7. The number of ether oxygens (including phenoxy) is 6. The Labute approximate surface area is 235 Å². The van der Waals surface area contributed by atoms with Crippen molar-refractivity contribution in [2.24, 2.45) is 29.4 Å². The third kappa shape index (κ3) is 13.0. The highest BCUT2D eigenvalue weighted by Gasteiger charge is 2.33. The Kier molecular flexibility index (Phi) is 14.8. The quantitative estimate of drug-likeness (QED) is 0.158. The van der Waals surface area contributed by atoms with E-state index in [9.17, 15) is 24.3 Å². The van der Waals surface area contributed by atoms with Crippen LogP contribution in [0.1, 0.15) is 66.4 Å². The fourth-order valence-electron chi connectivity index (χ4n) is 3.37. The van der Waals surface area contributed by atoms with Crippen molar-refractivity contribution in [3.63, 3.8) is 0 Å². The smallest absolute Gasteiger partial charge is 0.480 e. The molecule has 0 aliphatic rings. The average molecular weight is 570 g/mol. The molecule has 0 aliphatic heterocycles. The molecular weight excluding hydrogens is 526 g/mol. The molecule has 0 aliphatic carbocycles. The fourth-order valence-corrected chi connectivity index (χ4v) is 3.37. The summed E-state index contributed by atoms with van der Waals surface area (Å²) in [5.41, 5.74) is 6.35. The van der Waals surface area contributed by atoms with E-state index in [0.717, 1.165) is 0 Å². The molecule has 1 aromatic rings. The molecule has 3 N–H and O–H groups in total. The van der Waals surface area contributed by atoms with Gasteiger partial charge in [0.2, 0.25) is 0 Å². The first-order valence-electron chi connectivity index (χ1n) is 13.3. The van der Waals surface area contributed by atoms with E-state index in [1.165, 1.54) is 18.2 Å². The van der Waals surface area contributed by atoms with E-state index in [1.807, 2.05) is 41.5 Å². The van der Waals surface area contributed by atoms with Gasteiger partial charge in [0.15, 0.2) is 11.5 Å². The molecule has 0 aromatic heterocycles. The second-order valence-electron chi connectivity index (χ2n) is 10.8. The van der Waals surface area contributed by atoms with E-state index in [-0.39, 0.29) is 49.8 Å². The molecule has 0 amide bonds. The number of carbonyl (C=O) groups excluding carboxylic acids is 3. The van der Waals surface area contributed by atoms with Crippen LogP contribution in [-0.2, 0) is 23.7 Å². The molecule has 0 fully saturated rings. The molecule has 40 heavy (non-hydrogen) atoms. The number of benzene rings is 1. The first-order valence-corrected chi connectivity index (χ1v) is 13.3. The largest absolute Gasteiger partial charge is 0.513 e. The Hall–Kier alpha value is -3.54. The summed E-state index contributed by atoms with van der Waals surface area (Å²) in [4.78, 5) is 48.4. The zero-order valence-electron chi connectivity index (χ0n) is 24.3. The number of nitrogens with two attached hydrogens (primary N) is 1. The minimum atomic E-state index is -1.42. The van der Waals surface area contributed by atoms with Crippen LogP contribution in [0.2, 0.25) is 0 Å². The Balaban J connectivity index is 3.24. The van der Waals surface area contributed by atoms with Gasteiger partial charge in [0, 0.05) is 5.92 Å². The van der Waals surface area contributed by atoms with E-state index < -0.39 is 42.3 Å². The van der Waals surface area contributed by atoms with Crippen molar-refractivity contribution in [2.45, 2.75) is 66.8 Å². The van der Waals surface area contributed by atoms with Crippen LogP contribution in [0.4, 0.5) is 14.4 Å². The van der Waals surface area contributed by atoms with Gasteiger partial charge in [0.1, 0.15) is 6.04 Å². The maximum Gasteiger partial charge on any atom is 0.513 e. The van der Waals surface area contributed by atoms with E-state index >= 15 is 0 Å². The second kappa shape index (κ2) is 17.2. The molecule has 226 valence electrons. The van der Waals surface area contributed by atoms with Crippen molar-refractivity contribution in [3.8, 4) is 11.5 Å². The van der Waals surface area contributed by atoms with Crippen LogP contribution in [0, 0.1) is 23.7 Å². The lowest BCUT2D eigenvalue weighted by molar-refractivity contribution is -0.139. The van der Waals surface area contributed by atoms with E-state index in [4.69, 9.17) is 34.2 Å². The van der Waals surface area contributed by atoms with Gasteiger partial charge in [-0.25, -0.2) is 14.4 Å². The van der Waals surface area contributed by atoms with Crippen LogP contribution in [0.15, 0.2) is 18.2 Å². The summed E-state index contributed by atoms with van der Waals surface area (Å²) >= 11 is 0. The summed E-state index contributed by atoms with van der Waals surface area (Å²) in [5.74, 6) is -2.73. The van der Waals surface area contributed by atoms with Crippen LogP contribution in [0.25, 0.3) is 0 Å². The maximum atomic E-state index is 12.3. The summed E-state index contributed by atoms with van der Waals surface area (Å²) < 4.78 is 30.9. The second-order valence-corrected chi connectivity index (χ2v) is 10.8. The van der Waals surface area contributed by atoms with E-state index in [0.29, 0.717) is 17.9 Å². The lowest BCUT2D eigenvalue weighted by atomic mass is 9.82. The number of rotatable bonds is 15. The normalized spacial score (nSPS) is 13.4. The van der Waals surface area contributed by atoms with E-state index in [1.54, 1.807) is 6.92 Å². The predicted octanol–water partition coefficient (Wildman–Crippen LogP) is 5.36. The topological polar surface area (TPSA) is 170 Å². The molecular formula is C28H43NO11. The number of hydrogen-bond acceptors (Lipinski definition) is 11. The minimum absolute atomic E-state index is 0.0384. The molecule has 12 nitrogen and oxygen atoms in total. The highest BCUT2D eigenvalue weighted by molar-refractivity contribution is 5.75. The molecule has 2 unspecified atom stereocenters. The van der Waals surface area contributed by atoms with Crippen LogP contribution < -0.4 is 15.2 Å². The number of carbonyl (C=O) groups is 4. The Morgan fingerprint density at radius 3 is 1.75 bits per heavy atom. The molecule has 0 bridgehead atoms. The van der Waals surface area contributed by atoms with Gasteiger partial charge >= 0.3 is 24.4 Å². The predicted molar refractivity (Wildman–Crippen MR) is 144 cm³/mol. The summed E-state index contributed by atoms with van der Waals surface area (Å²) in [5, 5.41) is 9.67. The zero-order chi connectivity index (χ0) is 30.4. The Bertz CT molecular complexity index is 977. The van der Waals surface area contributed by atoms with Crippen molar-refractivity contribution in [1.82, 2.24) is 0 Å². The molecule has 0 saturated heterocycles. The molecule has 0 saturated carbocycles. The minimum Gasteiger partial charge on any atom is -0.480 e. The van der Waals surface area contributed by atoms with Crippen LogP contribution in [0.5, 0.6) is 11.5 Å². The number of aliphatic carboxylic acids is 1. The van der Waals surface area contributed by atoms with Gasteiger partial charge in [-0.15, -0.1) is 0 Å². The Morgan fingerprint density at radius 1 is 0.725 bits per heavy atom. The molecule has 0 spiro atoms. The summed E-state index contributed by atoms with van der Waals surface area (Å²) in [6.07, 6.45) is -2.28. The van der Waals surface area contributed by atoms with Crippen molar-refractivity contribution >= 4 is 24.4 Å². The van der Waals surface area contributed by atoms with Crippen molar-refractivity contribution in [2.75, 3.05) is 26.4 Å². The molecule has 0 heterocycles. The number of carboxylic acids is 1. The molecule has 1 aromatic carbocycles. The third-order valence-corrected chi connectivity index (χ3v) is 5.47. The summed E-state index contributed by atoms with van der Waals surface area (Å²) in [6.45, 7) is 13.2. The highest BCUT2D eigenvalue weighted by atomic mass is 16.7. The van der Waals surface area contributed by atoms with Gasteiger partial charge in [-0.2, -0.15) is 0 Å². The molecule has 3 atom stereocenters. The van der Waals surface area contributed by atoms with Gasteiger partial charge in [-0.1, -0.05) is 54.5 Å². The number of carboxylic acid groups (broad SMARTS) is 1. The maximum absolute atomic E-state index is 12.3. The molecule has 12 heteroatoms. The SMILES string of the molecule is CC(C)CCOC(=O)OCC(C)C(c1ccc(OC(=O)OCC(C)C)c(OC(=O)OCC(C)C)c1)[C@H](N)C(=O)O. The fraction of sp³-hybridized carbons (Fsp3) is 0.643. The van der Waals surface area contributed by atoms with Crippen molar-refractivity contribution in [3.05, 3.63) is 23.8 Å². The van der Waals surface area contributed by atoms with Crippen LogP contribution in [0.3, 0.4) is 0 Å². The molecule has 0 radical (unpaired) electrons. The monoisotopic (exact) mass is 569 g/mol. The van der Waals surface area contributed by atoms with Gasteiger partial charge in [0.05, 0.1) is 26.4 Å². The van der Waals surface area contributed by atoms with Crippen molar-refractivity contribution in [1.29, 1.82) is 0 Å². The third-order valence-electron chi connectivity index (χ3n) is 5.47. The average Bonchev–Trinajstić information content (AvgIpc) is 2.86. The standard InChI is InChI=1S/C28H43NO11/c1-16(2)10-11-35-26(32)38-15-19(7)23(24(29)25(30)31)20-8-9-21(39-27(33)36-13-17(3)4)22(12-20)40-28(34)37-14-18(5)6/h8-9,12,16-19,23-24H,10-11,13-15,29H2,1-7H3,(H,30,31)/t19?,23?,24-/m0/s1.